The van der Waals surface area contributed by atoms with Gasteiger partial charge in [0.15, 0.2) is 0 Å². The van der Waals surface area contributed by atoms with Crippen LogP contribution in [0, 0.1) is 10.8 Å². The van der Waals surface area contributed by atoms with Crippen molar-refractivity contribution in [1.82, 2.24) is 0 Å². The van der Waals surface area contributed by atoms with Crippen LogP contribution >= 0.6 is 0 Å². The quantitative estimate of drug-likeness (QED) is 0.371. The molecule has 0 aliphatic heterocycles. The van der Waals surface area contributed by atoms with Gasteiger partial charge in [0.05, 0.1) is 24.0 Å². The largest absolute Gasteiger partial charge is 0.466 e. The van der Waals surface area contributed by atoms with Crippen molar-refractivity contribution >= 4 is 11.9 Å². The lowest BCUT2D eigenvalue weighted by Crippen LogP contribution is -2.27. The number of carbonyl (C=O) groups is 2. The van der Waals surface area contributed by atoms with E-state index in [0.29, 0.717) is 26.4 Å². The minimum Gasteiger partial charge on any atom is -0.466 e. The zero-order valence-corrected chi connectivity index (χ0v) is 16.4. The van der Waals surface area contributed by atoms with Gasteiger partial charge in [-0.2, -0.15) is 0 Å². The lowest BCUT2D eigenvalue weighted by atomic mass is 9.87. The predicted octanol–water partition coefficient (Wildman–Crippen LogP) is 4.13. The van der Waals surface area contributed by atoms with Crippen LogP contribution in [0.5, 0.6) is 0 Å². The van der Waals surface area contributed by atoms with Gasteiger partial charge in [-0.3, -0.25) is 9.59 Å². The van der Waals surface area contributed by atoms with Crippen molar-refractivity contribution in [2.45, 2.75) is 73.6 Å². The number of unbranched alkanes of at least 4 members (excludes halogenated alkanes) is 1. The van der Waals surface area contributed by atoms with Gasteiger partial charge in [0.2, 0.25) is 0 Å². The summed E-state index contributed by atoms with van der Waals surface area (Å²) in [4.78, 5) is 23.5. The SMILES string of the molecule is CCOC(=O)C(C)(C)CCCCOCCCC(C)(C)C(=O)OCC. The van der Waals surface area contributed by atoms with Crippen molar-refractivity contribution < 1.29 is 23.8 Å². The zero-order valence-electron chi connectivity index (χ0n) is 16.4. The van der Waals surface area contributed by atoms with Crippen molar-refractivity contribution in [3.63, 3.8) is 0 Å². The number of hydrogen-bond donors (Lipinski definition) is 0. The maximum atomic E-state index is 11.8. The molecule has 0 radical (unpaired) electrons. The summed E-state index contributed by atoms with van der Waals surface area (Å²) in [7, 11) is 0. The van der Waals surface area contributed by atoms with Crippen LogP contribution in [0.25, 0.3) is 0 Å². The van der Waals surface area contributed by atoms with E-state index < -0.39 is 10.8 Å². The highest BCUT2D eigenvalue weighted by Gasteiger charge is 2.29. The van der Waals surface area contributed by atoms with Gasteiger partial charge in [0.25, 0.3) is 0 Å². The second kappa shape index (κ2) is 11.5. The fraction of sp³-hybridized carbons (Fsp3) is 0.895. The monoisotopic (exact) mass is 344 g/mol. The van der Waals surface area contributed by atoms with E-state index >= 15 is 0 Å². The number of hydrogen-bond acceptors (Lipinski definition) is 5. The molecule has 0 amide bonds. The van der Waals surface area contributed by atoms with E-state index in [1.165, 1.54) is 0 Å². The Balaban J connectivity index is 3.74. The highest BCUT2D eigenvalue weighted by atomic mass is 16.5. The molecule has 0 aromatic rings. The summed E-state index contributed by atoms with van der Waals surface area (Å²) in [6.45, 7) is 13.5. The van der Waals surface area contributed by atoms with Crippen molar-refractivity contribution in [2.75, 3.05) is 26.4 Å². The van der Waals surface area contributed by atoms with Crippen molar-refractivity contribution in [3.05, 3.63) is 0 Å². The third kappa shape index (κ3) is 9.26. The molecule has 0 saturated carbocycles. The van der Waals surface area contributed by atoms with E-state index in [4.69, 9.17) is 14.2 Å². The molecule has 0 aliphatic rings. The lowest BCUT2D eigenvalue weighted by Gasteiger charge is -2.22. The first-order valence-electron chi connectivity index (χ1n) is 9.09. The van der Waals surface area contributed by atoms with Gasteiger partial charge >= 0.3 is 11.9 Å². The lowest BCUT2D eigenvalue weighted by molar-refractivity contribution is -0.154. The predicted molar refractivity (Wildman–Crippen MR) is 94.7 cm³/mol. The van der Waals surface area contributed by atoms with Gasteiger partial charge in [-0.25, -0.2) is 0 Å². The fourth-order valence-corrected chi connectivity index (χ4v) is 2.35. The molecule has 142 valence electrons. The van der Waals surface area contributed by atoms with Crippen LogP contribution in [-0.2, 0) is 23.8 Å². The minimum absolute atomic E-state index is 0.132. The van der Waals surface area contributed by atoms with Crippen LogP contribution in [0.3, 0.4) is 0 Å². The normalized spacial score (nSPS) is 12.1. The number of esters is 2. The van der Waals surface area contributed by atoms with Crippen LogP contribution in [0.4, 0.5) is 0 Å². The average molecular weight is 344 g/mol. The molecule has 24 heavy (non-hydrogen) atoms. The summed E-state index contributed by atoms with van der Waals surface area (Å²) in [6, 6.07) is 0. The molecule has 0 aromatic carbocycles. The Morgan fingerprint density at radius 3 is 1.58 bits per heavy atom. The Morgan fingerprint density at radius 2 is 1.12 bits per heavy atom. The Kier molecular flexibility index (Phi) is 10.9. The fourth-order valence-electron chi connectivity index (χ4n) is 2.35. The zero-order chi connectivity index (χ0) is 18.6. The van der Waals surface area contributed by atoms with Crippen molar-refractivity contribution in [2.24, 2.45) is 10.8 Å². The maximum absolute atomic E-state index is 11.8. The molecule has 0 bridgehead atoms. The molecule has 0 rings (SSSR count). The second-order valence-electron chi connectivity index (χ2n) is 7.38. The summed E-state index contributed by atoms with van der Waals surface area (Å²) in [5, 5.41) is 0. The van der Waals surface area contributed by atoms with Gasteiger partial charge in [-0.1, -0.05) is 6.42 Å². The highest BCUT2D eigenvalue weighted by molar-refractivity contribution is 5.76. The molecule has 0 aliphatic carbocycles. The standard InChI is InChI=1S/C19H36O5/c1-7-23-16(20)18(3,4)12-9-10-14-22-15-11-13-19(5,6)17(21)24-8-2/h7-15H2,1-6H3. The first-order valence-corrected chi connectivity index (χ1v) is 9.09. The van der Waals surface area contributed by atoms with Gasteiger partial charge in [-0.15, -0.1) is 0 Å². The number of carbonyl (C=O) groups excluding carboxylic acids is 2. The molecule has 0 unspecified atom stereocenters. The molecule has 0 fully saturated rings. The Hall–Kier alpha value is -1.10. The molecule has 5 nitrogen and oxygen atoms in total. The Morgan fingerprint density at radius 1 is 0.708 bits per heavy atom. The summed E-state index contributed by atoms with van der Waals surface area (Å²) < 4.78 is 15.8. The topological polar surface area (TPSA) is 61.8 Å². The molecule has 0 aromatic heterocycles. The summed E-state index contributed by atoms with van der Waals surface area (Å²) in [5.74, 6) is -0.279. The Bertz CT molecular complexity index is 338. The minimum atomic E-state index is -0.455. The third-order valence-electron chi connectivity index (χ3n) is 4.09. The summed E-state index contributed by atoms with van der Waals surface area (Å²) in [5.41, 5.74) is -0.886. The van der Waals surface area contributed by atoms with E-state index in [0.717, 1.165) is 32.1 Å². The molecule has 0 atom stereocenters. The molecule has 0 heterocycles. The molecular weight excluding hydrogens is 308 g/mol. The molecular formula is C19H36O5. The van der Waals surface area contributed by atoms with Gasteiger partial charge < -0.3 is 14.2 Å². The third-order valence-corrected chi connectivity index (χ3v) is 4.09. The molecule has 0 spiro atoms. The molecule has 0 N–H and O–H groups in total. The molecule has 5 heteroatoms. The smallest absolute Gasteiger partial charge is 0.311 e. The average Bonchev–Trinajstić information content (AvgIpc) is 2.50. The van der Waals surface area contributed by atoms with Crippen LogP contribution in [0.15, 0.2) is 0 Å². The van der Waals surface area contributed by atoms with E-state index in [-0.39, 0.29) is 11.9 Å². The van der Waals surface area contributed by atoms with Gasteiger partial charge in [-0.05, 0) is 67.2 Å². The van der Waals surface area contributed by atoms with Crippen LogP contribution < -0.4 is 0 Å². The van der Waals surface area contributed by atoms with Gasteiger partial charge in [0, 0.05) is 13.2 Å². The molecule has 0 saturated heterocycles. The highest BCUT2D eigenvalue weighted by Crippen LogP contribution is 2.25. The first-order chi connectivity index (χ1) is 11.2. The van der Waals surface area contributed by atoms with E-state index in [1.807, 2.05) is 41.5 Å². The first kappa shape index (κ1) is 22.9. The summed E-state index contributed by atoms with van der Waals surface area (Å²) in [6.07, 6.45) is 4.23. The van der Waals surface area contributed by atoms with E-state index in [1.54, 1.807) is 0 Å². The second-order valence-corrected chi connectivity index (χ2v) is 7.38. The summed E-state index contributed by atoms with van der Waals surface area (Å²) >= 11 is 0. The maximum Gasteiger partial charge on any atom is 0.311 e. The van der Waals surface area contributed by atoms with Crippen molar-refractivity contribution in [3.8, 4) is 0 Å². The number of ether oxygens (including phenoxy) is 3. The van der Waals surface area contributed by atoms with Crippen LogP contribution in [-0.4, -0.2) is 38.4 Å². The van der Waals surface area contributed by atoms with Crippen molar-refractivity contribution in [1.29, 1.82) is 0 Å². The van der Waals surface area contributed by atoms with E-state index in [9.17, 15) is 9.59 Å². The number of rotatable bonds is 13. The Labute approximate surface area is 147 Å². The van der Waals surface area contributed by atoms with Crippen LogP contribution in [0.2, 0.25) is 0 Å². The van der Waals surface area contributed by atoms with E-state index in [2.05, 4.69) is 0 Å². The van der Waals surface area contributed by atoms with Crippen LogP contribution in [0.1, 0.15) is 73.6 Å². The van der Waals surface area contributed by atoms with Gasteiger partial charge in [0.1, 0.15) is 0 Å².